The zero-order chi connectivity index (χ0) is 13.1. The number of anilines is 1. The first kappa shape index (κ1) is 13.2. The van der Waals surface area contributed by atoms with Gasteiger partial charge in [-0.25, -0.2) is 4.79 Å². The molecule has 0 aromatic heterocycles. The van der Waals surface area contributed by atoms with Crippen molar-refractivity contribution in [3.8, 4) is 0 Å². The monoisotopic (exact) mass is 235 g/mol. The van der Waals surface area contributed by atoms with Crippen molar-refractivity contribution in [3.63, 3.8) is 0 Å². The number of amides is 1. The van der Waals surface area contributed by atoms with E-state index >= 15 is 0 Å². The number of carboxylic acids is 1. The maximum absolute atomic E-state index is 11.7. The number of benzene rings is 1. The van der Waals surface area contributed by atoms with Gasteiger partial charge in [-0.2, -0.15) is 0 Å². The highest BCUT2D eigenvalue weighted by molar-refractivity contribution is 6.00. The Kier molecular flexibility index (Phi) is 3.89. The van der Waals surface area contributed by atoms with Crippen LogP contribution in [0.25, 0.3) is 0 Å². The summed E-state index contributed by atoms with van der Waals surface area (Å²) in [6.45, 7) is 5.86. The van der Waals surface area contributed by atoms with E-state index in [-0.39, 0.29) is 16.9 Å². The normalized spacial score (nSPS) is 11.0. The minimum Gasteiger partial charge on any atom is -0.478 e. The Bertz CT molecular complexity index is 433. The SMILES string of the molecule is CC(C)(C)CC(=O)Nc1ccccc1C(=O)O. The third-order valence-electron chi connectivity index (χ3n) is 2.12. The molecule has 1 aromatic carbocycles. The average molecular weight is 235 g/mol. The van der Waals surface area contributed by atoms with Gasteiger partial charge in [0.2, 0.25) is 5.91 Å². The molecule has 4 heteroatoms. The Labute approximate surface area is 101 Å². The molecule has 2 N–H and O–H groups in total. The molecule has 0 saturated carbocycles. The van der Waals surface area contributed by atoms with Crippen LogP contribution in [0.4, 0.5) is 5.69 Å². The van der Waals surface area contributed by atoms with Crippen LogP contribution in [0.1, 0.15) is 37.6 Å². The van der Waals surface area contributed by atoms with Crippen LogP contribution in [0.15, 0.2) is 24.3 Å². The van der Waals surface area contributed by atoms with Crippen LogP contribution in [0.2, 0.25) is 0 Å². The first-order valence-electron chi connectivity index (χ1n) is 5.42. The second-order valence-electron chi connectivity index (χ2n) is 5.14. The minimum atomic E-state index is -1.04. The summed E-state index contributed by atoms with van der Waals surface area (Å²) in [6.07, 6.45) is 0.348. The second-order valence-corrected chi connectivity index (χ2v) is 5.14. The molecule has 0 saturated heterocycles. The van der Waals surface area contributed by atoms with Crippen molar-refractivity contribution in [3.05, 3.63) is 29.8 Å². The van der Waals surface area contributed by atoms with Crippen molar-refractivity contribution in [1.29, 1.82) is 0 Å². The fourth-order valence-electron chi connectivity index (χ4n) is 1.45. The second kappa shape index (κ2) is 4.99. The summed E-state index contributed by atoms with van der Waals surface area (Å²) in [7, 11) is 0. The van der Waals surface area contributed by atoms with E-state index in [9.17, 15) is 9.59 Å². The van der Waals surface area contributed by atoms with Crippen molar-refractivity contribution in [2.24, 2.45) is 5.41 Å². The predicted octanol–water partition coefficient (Wildman–Crippen LogP) is 2.76. The van der Waals surface area contributed by atoms with E-state index in [0.29, 0.717) is 12.1 Å². The minimum absolute atomic E-state index is 0.106. The molecular formula is C13H17NO3. The molecule has 0 aliphatic rings. The van der Waals surface area contributed by atoms with Gasteiger partial charge in [0.25, 0.3) is 0 Å². The lowest BCUT2D eigenvalue weighted by molar-refractivity contribution is -0.117. The van der Waals surface area contributed by atoms with Crippen molar-refractivity contribution in [1.82, 2.24) is 0 Å². The number of carbonyl (C=O) groups excluding carboxylic acids is 1. The molecule has 0 bridgehead atoms. The summed E-state index contributed by atoms with van der Waals surface area (Å²) in [6, 6.07) is 6.38. The highest BCUT2D eigenvalue weighted by Crippen LogP contribution is 2.21. The first-order chi connectivity index (χ1) is 7.79. The first-order valence-corrected chi connectivity index (χ1v) is 5.42. The maximum atomic E-state index is 11.7. The number of para-hydroxylation sites is 1. The highest BCUT2D eigenvalue weighted by Gasteiger charge is 2.17. The number of carboxylic acid groups (broad SMARTS) is 1. The molecule has 1 rings (SSSR count). The van der Waals surface area contributed by atoms with Crippen LogP contribution in [0.3, 0.4) is 0 Å². The number of rotatable bonds is 3. The van der Waals surface area contributed by atoms with Crippen LogP contribution in [-0.4, -0.2) is 17.0 Å². The van der Waals surface area contributed by atoms with Crippen molar-refractivity contribution in [2.45, 2.75) is 27.2 Å². The molecular weight excluding hydrogens is 218 g/mol. The topological polar surface area (TPSA) is 66.4 Å². The Morgan fingerprint density at radius 2 is 1.82 bits per heavy atom. The van der Waals surface area contributed by atoms with E-state index in [1.165, 1.54) is 6.07 Å². The van der Waals surface area contributed by atoms with Gasteiger partial charge in [-0.3, -0.25) is 4.79 Å². The predicted molar refractivity (Wildman–Crippen MR) is 66.1 cm³/mol. The number of hydrogen-bond acceptors (Lipinski definition) is 2. The van der Waals surface area contributed by atoms with Crippen molar-refractivity contribution < 1.29 is 14.7 Å². The standard InChI is InChI=1S/C13H17NO3/c1-13(2,3)8-11(15)14-10-7-5-4-6-9(10)12(16)17/h4-7H,8H2,1-3H3,(H,14,15)(H,16,17). The van der Waals surface area contributed by atoms with Gasteiger partial charge >= 0.3 is 5.97 Å². The van der Waals surface area contributed by atoms with Gasteiger partial charge < -0.3 is 10.4 Å². The van der Waals surface area contributed by atoms with Crippen molar-refractivity contribution in [2.75, 3.05) is 5.32 Å². The Morgan fingerprint density at radius 1 is 1.24 bits per heavy atom. The number of carbonyl (C=O) groups is 2. The van der Waals surface area contributed by atoms with E-state index < -0.39 is 5.97 Å². The number of hydrogen-bond donors (Lipinski definition) is 2. The molecule has 0 aliphatic heterocycles. The quantitative estimate of drug-likeness (QED) is 0.846. The number of nitrogens with one attached hydrogen (secondary N) is 1. The van der Waals surface area contributed by atoms with Gasteiger partial charge in [-0.15, -0.1) is 0 Å². The molecule has 92 valence electrons. The van der Waals surface area contributed by atoms with Crippen LogP contribution in [0, 0.1) is 5.41 Å². The Morgan fingerprint density at radius 3 is 2.35 bits per heavy atom. The van der Waals surface area contributed by atoms with Crippen LogP contribution >= 0.6 is 0 Å². The molecule has 1 aromatic rings. The summed E-state index contributed by atoms with van der Waals surface area (Å²) in [5.74, 6) is -1.22. The summed E-state index contributed by atoms with van der Waals surface area (Å²) in [5.41, 5.74) is 0.325. The molecule has 0 radical (unpaired) electrons. The fourth-order valence-corrected chi connectivity index (χ4v) is 1.45. The molecule has 17 heavy (non-hydrogen) atoms. The van der Waals surface area contributed by atoms with Gasteiger partial charge in [-0.05, 0) is 17.5 Å². The third-order valence-corrected chi connectivity index (χ3v) is 2.12. The molecule has 0 unspecified atom stereocenters. The Hall–Kier alpha value is -1.84. The van der Waals surface area contributed by atoms with Crippen LogP contribution < -0.4 is 5.32 Å². The molecule has 0 heterocycles. The lowest BCUT2D eigenvalue weighted by Gasteiger charge is -2.17. The van der Waals surface area contributed by atoms with E-state index in [2.05, 4.69) is 5.32 Å². The molecule has 1 amide bonds. The van der Waals surface area contributed by atoms with E-state index in [1.807, 2.05) is 20.8 Å². The zero-order valence-electron chi connectivity index (χ0n) is 10.3. The summed E-state index contributed by atoms with van der Waals surface area (Å²) in [4.78, 5) is 22.6. The van der Waals surface area contributed by atoms with Gasteiger partial charge in [0.1, 0.15) is 0 Å². The molecule has 4 nitrogen and oxygen atoms in total. The summed E-state index contributed by atoms with van der Waals surface area (Å²) >= 11 is 0. The smallest absolute Gasteiger partial charge is 0.337 e. The lowest BCUT2D eigenvalue weighted by atomic mass is 9.92. The van der Waals surface area contributed by atoms with E-state index in [4.69, 9.17) is 5.11 Å². The average Bonchev–Trinajstić information content (AvgIpc) is 2.14. The summed E-state index contributed by atoms with van der Waals surface area (Å²) < 4.78 is 0. The zero-order valence-corrected chi connectivity index (χ0v) is 10.3. The fraction of sp³-hybridized carbons (Fsp3) is 0.385. The van der Waals surface area contributed by atoms with Gasteiger partial charge in [-0.1, -0.05) is 32.9 Å². The molecule has 0 atom stereocenters. The molecule has 0 aliphatic carbocycles. The van der Waals surface area contributed by atoms with Gasteiger partial charge in [0, 0.05) is 6.42 Å². The number of aromatic carboxylic acids is 1. The largest absolute Gasteiger partial charge is 0.478 e. The summed E-state index contributed by atoms with van der Waals surface area (Å²) in [5, 5.41) is 11.6. The maximum Gasteiger partial charge on any atom is 0.337 e. The van der Waals surface area contributed by atoms with Gasteiger partial charge in [0.15, 0.2) is 0 Å². The van der Waals surface area contributed by atoms with Crippen molar-refractivity contribution >= 4 is 17.6 Å². The lowest BCUT2D eigenvalue weighted by Crippen LogP contribution is -2.20. The van der Waals surface area contributed by atoms with Crippen LogP contribution in [0.5, 0.6) is 0 Å². The van der Waals surface area contributed by atoms with E-state index in [1.54, 1.807) is 18.2 Å². The van der Waals surface area contributed by atoms with E-state index in [0.717, 1.165) is 0 Å². The highest BCUT2D eigenvalue weighted by atomic mass is 16.4. The van der Waals surface area contributed by atoms with Gasteiger partial charge in [0.05, 0.1) is 11.3 Å². The third kappa shape index (κ3) is 4.26. The molecule has 0 fully saturated rings. The molecule has 0 spiro atoms. The Balaban J connectivity index is 2.82. The van der Waals surface area contributed by atoms with Crippen LogP contribution in [-0.2, 0) is 4.79 Å².